The molecule has 0 bridgehead atoms. The molecule has 1 aliphatic rings. The summed E-state index contributed by atoms with van der Waals surface area (Å²) in [6, 6.07) is -0.121. The molecule has 10 nitrogen and oxygen atoms in total. The lowest BCUT2D eigenvalue weighted by molar-refractivity contribution is 0.0577. The molecule has 3 rings (SSSR count). The minimum absolute atomic E-state index is 0.0562. The van der Waals surface area contributed by atoms with Crippen molar-refractivity contribution in [3.8, 4) is 0 Å². The maximum Gasteiger partial charge on any atom is 0.227 e. The molecular formula is C18H30N7O3S-. The van der Waals surface area contributed by atoms with Crippen LogP contribution >= 0.6 is 0 Å². The van der Waals surface area contributed by atoms with Crippen molar-refractivity contribution < 1.29 is 13.9 Å². The zero-order valence-electron chi connectivity index (χ0n) is 17.5. The first-order valence-corrected chi connectivity index (χ1v) is 11.0. The number of anilines is 2. The summed E-state index contributed by atoms with van der Waals surface area (Å²) >= 11 is -2.22. The van der Waals surface area contributed by atoms with E-state index in [2.05, 4.69) is 25.6 Å². The maximum atomic E-state index is 11.2. The molecule has 3 heterocycles. The van der Waals surface area contributed by atoms with Crippen LogP contribution < -0.4 is 10.6 Å². The molecule has 2 aromatic rings. The molecule has 2 aromatic heterocycles. The van der Waals surface area contributed by atoms with Gasteiger partial charge in [-0.15, -0.1) is 0 Å². The van der Waals surface area contributed by atoms with Crippen molar-refractivity contribution in [3.63, 3.8) is 0 Å². The molecule has 0 saturated carbocycles. The van der Waals surface area contributed by atoms with Crippen molar-refractivity contribution >= 4 is 34.2 Å². The van der Waals surface area contributed by atoms with Crippen molar-refractivity contribution in [2.45, 2.75) is 71.2 Å². The first-order chi connectivity index (χ1) is 13.6. The van der Waals surface area contributed by atoms with Crippen LogP contribution in [0.2, 0.25) is 0 Å². The average Bonchev–Trinajstić information content (AvgIpc) is 3.25. The van der Waals surface area contributed by atoms with E-state index in [1.54, 1.807) is 20.2 Å². The fourth-order valence-corrected chi connectivity index (χ4v) is 4.12. The number of hydrogen-bond donors (Lipinski definition) is 3. The predicted octanol–water partition coefficient (Wildman–Crippen LogP) is 1.65. The highest BCUT2D eigenvalue weighted by Gasteiger charge is 2.28. The molecular weight excluding hydrogens is 394 g/mol. The first kappa shape index (κ1) is 21.9. The zero-order valence-corrected chi connectivity index (χ0v) is 18.4. The molecule has 0 spiro atoms. The van der Waals surface area contributed by atoms with Gasteiger partial charge in [0.15, 0.2) is 17.0 Å². The van der Waals surface area contributed by atoms with Gasteiger partial charge >= 0.3 is 0 Å². The van der Waals surface area contributed by atoms with Crippen LogP contribution in [-0.4, -0.2) is 68.5 Å². The van der Waals surface area contributed by atoms with Gasteiger partial charge in [0.05, 0.1) is 18.0 Å². The molecule has 11 heteroatoms. The number of nitrogens with zero attached hydrogens (tertiary/aromatic N) is 5. The van der Waals surface area contributed by atoms with Crippen LogP contribution in [0.4, 0.5) is 11.8 Å². The minimum Gasteiger partial charge on any atom is -0.760 e. The van der Waals surface area contributed by atoms with Crippen molar-refractivity contribution in [2.24, 2.45) is 0 Å². The molecule has 3 N–H and O–H groups in total. The van der Waals surface area contributed by atoms with E-state index in [1.165, 1.54) is 4.31 Å². The van der Waals surface area contributed by atoms with Crippen LogP contribution in [0.3, 0.4) is 0 Å². The Hall–Kier alpha value is -1.82. The van der Waals surface area contributed by atoms with Crippen molar-refractivity contribution in [3.05, 3.63) is 6.33 Å². The average molecular weight is 425 g/mol. The van der Waals surface area contributed by atoms with Gasteiger partial charge in [-0.1, -0.05) is 6.92 Å². The Kier molecular flexibility index (Phi) is 6.42. The Morgan fingerprint density at radius 1 is 1.41 bits per heavy atom. The second-order valence-corrected chi connectivity index (χ2v) is 9.26. The molecule has 0 aromatic carbocycles. The Morgan fingerprint density at radius 3 is 2.69 bits per heavy atom. The summed E-state index contributed by atoms with van der Waals surface area (Å²) in [5.41, 5.74) is 0.387. The zero-order chi connectivity index (χ0) is 21.3. The Balaban J connectivity index is 1.96. The minimum atomic E-state index is -2.22. The van der Waals surface area contributed by atoms with E-state index in [0.717, 1.165) is 0 Å². The lowest BCUT2D eigenvalue weighted by Crippen LogP contribution is -2.41. The fourth-order valence-electron chi connectivity index (χ4n) is 3.57. The lowest BCUT2D eigenvalue weighted by atomic mass is 9.97. The Labute approximate surface area is 173 Å². The van der Waals surface area contributed by atoms with Crippen LogP contribution in [-0.2, 0) is 11.3 Å². The highest BCUT2D eigenvalue weighted by Crippen LogP contribution is 2.26. The molecule has 1 saturated heterocycles. The smallest absolute Gasteiger partial charge is 0.227 e. The molecule has 1 fully saturated rings. The summed E-state index contributed by atoms with van der Waals surface area (Å²) in [6.07, 6.45) is 3.12. The second-order valence-electron chi connectivity index (χ2n) is 8.31. The third-order valence-corrected chi connectivity index (χ3v) is 6.00. The van der Waals surface area contributed by atoms with E-state index < -0.39 is 16.9 Å². The number of rotatable bonds is 8. The number of aromatic nitrogens is 4. The molecule has 162 valence electrons. The van der Waals surface area contributed by atoms with Gasteiger partial charge < -0.3 is 24.9 Å². The topological polar surface area (TPSA) is 131 Å². The van der Waals surface area contributed by atoms with Gasteiger partial charge in [0.1, 0.15) is 0 Å². The molecule has 29 heavy (non-hydrogen) atoms. The van der Waals surface area contributed by atoms with Crippen LogP contribution in [0, 0.1) is 0 Å². The Bertz CT molecular complexity index is 880. The van der Waals surface area contributed by atoms with Crippen LogP contribution in [0.25, 0.3) is 11.2 Å². The molecule has 0 amide bonds. The third-order valence-electron chi connectivity index (χ3n) is 5.24. The molecule has 0 radical (unpaired) electrons. The first-order valence-electron chi connectivity index (χ1n) is 9.94. The number of hydrogen-bond acceptors (Lipinski definition) is 8. The third kappa shape index (κ3) is 4.85. The van der Waals surface area contributed by atoms with Crippen LogP contribution in [0.5, 0.6) is 0 Å². The monoisotopic (exact) mass is 424 g/mol. The van der Waals surface area contributed by atoms with E-state index in [-0.39, 0.29) is 18.1 Å². The van der Waals surface area contributed by atoms with E-state index >= 15 is 0 Å². The van der Waals surface area contributed by atoms with Crippen molar-refractivity contribution in [1.29, 1.82) is 0 Å². The van der Waals surface area contributed by atoms with Crippen LogP contribution in [0.15, 0.2) is 6.33 Å². The number of aliphatic hydroxyl groups is 1. The largest absolute Gasteiger partial charge is 0.760 e. The van der Waals surface area contributed by atoms with Gasteiger partial charge in [-0.25, -0.2) is 9.29 Å². The van der Waals surface area contributed by atoms with Gasteiger partial charge in [0, 0.05) is 36.4 Å². The number of nitrogens with one attached hydrogen (secondary N) is 2. The van der Waals surface area contributed by atoms with Gasteiger partial charge in [-0.3, -0.25) is 4.21 Å². The summed E-state index contributed by atoms with van der Waals surface area (Å²) in [5, 5.41) is 17.0. The normalized spacial score (nSPS) is 20.3. The van der Waals surface area contributed by atoms with Gasteiger partial charge in [-0.2, -0.15) is 9.97 Å². The summed E-state index contributed by atoms with van der Waals surface area (Å²) in [6.45, 7) is 10.4. The predicted molar refractivity (Wildman–Crippen MR) is 112 cm³/mol. The summed E-state index contributed by atoms with van der Waals surface area (Å²) in [4.78, 5) is 13.8. The van der Waals surface area contributed by atoms with Crippen LogP contribution in [0.1, 0.15) is 53.5 Å². The Morgan fingerprint density at radius 2 is 2.14 bits per heavy atom. The van der Waals surface area contributed by atoms with Gasteiger partial charge in [-0.05, 0) is 40.5 Å². The van der Waals surface area contributed by atoms with E-state index in [1.807, 2.05) is 25.3 Å². The number of fused-ring (bicyclic) bond motifs is 1. The quantitative estimate of drug-likeness (QED) is 0.545. The van der Waals surface area contributed by atoms with Gasteiger partial charge in [0.2, 0.25) is 5.95 Å². The highest BCUT2D eigenvalue weighted by atomic mass is 32.2. The molecule has 3 unspecified atom stereocenters. The number of imidazole rings is 1. The lowest BCUT2D eigenvalue weighted by Gasteiger charge is -2.29. The molecule has 0 aliphatic carbocycles. The van der Waals surface area contributed by atoms with Crippen molar-refractivity contribution in [2.75, 3.05) is 23.7 Å². The summed E-state index contributed by atoms with van der Waals surface area (Å²) in [5.74, 6) is 0.963. The summed E-state index contributed by atoms with van der Waals surface area (Å²) in [7, 11) is 0. The standard InChI is InChI=1S/C18H31N7O3S/c1-6-13(18(4,5)26)21-17-22-15(20-12-7-8-24(9-12)29(27)28)14-16(23-17)25(10-19-14)11(2)3/h10-13,26H,6-9H2,1-5H3,(H,27,28)(H2,20,21,22,23)/p-1. The van der Waals surface area contributed by atoms with E-state index in [0.29, 0.717) is 48.9 Å². The molecule has 1 aliphatic heterocycles. The maximum absolute atomic E-state index is 11.2. The summed E-state index contributed by atoms with van der Waals surface area (Å²) < 4.78 is 25.8. The second kappa shape index (κ2) is 8.50. The van der Waals surface area contributed by atoms with Crippen molar-refractivity contribution in [1.82, 2.24) is 23.8 Å². The van der Waals surface area contributed by atoms with E-state index in [4.69, 9.17) is 0 Å². The van der Waals surface area contributed by atoms with E-state index in [9.17, 15) is 13.9 Å². The SMILES string of the molecule is CCC(Nc1nc(NC2CCN(S(=O)[O-])C2)c2ncn(C(C)C)c2n1)C(C)(C)O. The highest BCUT2D eigenvalue weighted by molar-refractivity contribution is 7.76. The van der Waals surface area contributed by atoms with Gasteiger partial charge in [0.25, 0.3) is 0 Å². The molecule has 3 atom stereocenters. The fraction of sp³-hybridized carbons (Fsp3) is 0.722.